The second-order valence-corrected chi connectivity index (χ2v) is 5.92. The van der Waals surface area contributed by atoms with Gasteiger partial charge in [0.25, 0.3) is 0 Å². The van der Waals surface area contributed by atoms with Crippen molar-refractivity contribution >= 4 is 21.6 Å². The summed E-state index contributed by atoms with van der Waals surface area (Å²) in [5, 5.41) is 3.54. The fraction of sp³-hybridized carbons (Fsp3) is 0.571. The van der Waals surface area contributed by atoms with Crippen LogP contribution in [-0.2, 0) is 0 Å². The monoisotopic (exact) mass is 279 g/mol. The lowest BCUT2D eigenvalue weighted by Gasteiger charge is -2.31. The van der Waals surface area contributed by atoms with Gasteiger partial charge in [-0.05, 0) is 58.7 Å². The highest BCUT2D eigenvalue weighted by Crippen LogP contribution is 2.45. The van der Waals surface area contributed by atoms with E-state index in [1.165, 1.54) is 42.3 Å². The Balaban J connectivity index is 1.96. The van der Waals surface area contributed by atoms with Crippen LogP contribution in [-0.4, -0.2) is 6.54 Å². The highest BCUT2D eigenvalue weighted by atomic mass is 79.9. The summed E-state index contributed by atoms with van der Waals surface area (Å²) < 4.78 is 1.23. The van der Waals surface area contributed by atoms with Crippen LogP contribution in [0.2, 0.25) is 0 Å². The van der Waals surface area contributed by atoms with Gasteiger partial charge in [-0.2, -0.15) is 0 Å². The number of para-hydroxylation sites is 1. The molecule has 1 aromatic rings. The SMILES string of the molecule is Brc1cccc2c1NCCC2C1CCCC1. The van der Waals surface area contributed by atoms with Gasteiger partial charge in [0.2, 0.25) is 0 Å². The van der Waals surface area contributed by atoms with Gasteiger partial charge in [0.15, 0.2) is 0 Å². The largest absolute Gasteiger partial charge is 0.384 e. The van der Waals surface area contributed by atoms with E-state index in [9.17, 15) is 0 Å². The first kappa shape index (κ1) is 10.6. The number of anilines is 1. The first-order chi connectivity index (χ1) is 7.86. The topological polar surface area (TPSA) is 12.0 Å². The molecule has 1 saturated carbocycles. The molecule has 1 N–H and O–H groups in total. The number of halogens is 1. The van der Waals surface area contributed by atoms with Crippen molar-refractivity contribution in [2.24, 2.45) is 5.92 Å². The van der Waals surface area contributed by atoms with Crippen molar-refractivity contribution < 1.29 is 0 Å². The summed E-state index contributed by atoms with van der Waals surface area (Å²) in [5.41, 5.74) is 2.90. The van der Waals surface area contributed by atoms with Crippen molar-refractivity contribution in [3.05, 3.63) is 28.2 Å². The van der Waals surface area contributed by atoms with E-state index in [0.717, 1.165) is 18.4 Å². The first-order valence-electron chi connectivity index (χ1n) is 6.38. The minimum Gasteiger partial charge on any atom is -0.384 e. The van der Waals surface area contributed by atoms with Crippen LogP contribution in [0.1, 0.15) is 43.6 Å². The molecule has 0 saturated heterocycles. The Morgan fingerprint density at radius 2 is 1.94 bits per heavy atom. The van der Waals surface area contributed by atoms with Gasteiger partial charge >= 0.3 is 0 Å². The van der Waals surface area contributed by atoms with Gasteiger partial charge < -0.3 is 5.32 Å². The first-order valence-corrected chi connectivity index (χ1v) is 7.18. The van der Waals surface area contributed by atoms with E-state index in [1.54, 1.807) is 5.56 Å². The van der Waals surface area contributed by atoms with E-state index < -0.39 is 0 Å². The Morgan fingerprint density at radius 1 is 1.12 bits per heavy atom. The summed E-state index contributed by atoms with van der Waals surface area (Å²) in [7, 11) is 0. The molecule has 0 amide bonds. The van der Waals surface area contributed by atoms with Crippen LogP contribution < -0.4 is 5.32 Å². The van der Waals surface area contributed by atoms with Gasteiger partial charge in [0, 0.05) is 11.0 Å². The van der Waals surface area contributed by atoms with Crippen LogP contribution in [0.25, 0.3) is 0 Å². The minimum absolute atomic E-state index is 0.802. The maximum Gasteiger partial charge on any atom is 0.0520 e. The van der Waals surface area contributed by atoms with Crippen LogP contribution in [0.5, 0.6) is 0 Å². The van der Waals surface area contributed by atoms with Gasteiger partial charge in [-0.15, -0.1) is 0 Å². The molecule has 3 rings (SSSR count). The maximum absolute atomic E-state index is 3.66. The van der Waals surface area contributed by atoms with Crippen LogP contribution in [0.4, 0.5) is 5.69 Å². The summed E-state index contributed by atoms with van der Waals surface area (Å²) >= 11 is 3.66. The molecule has 2 heteroatoms. The molecule has 1 aromatic carbocycles. The molecule has 86 valence electrons. The quantitative estimate of drug-likeness (QED) is 0.796. The van der Waals surface area contributed by atoms with Crippen LogP contribution in [0.3, 0.4) is 0 Å². The summed E-state index contributed by atoms with van der Waals surface area (Å²) in [5.74, 6) is 1.74. The van der Waals surface area contributed by atoms with Crippen LogP contribution in [0.15, 0.2) is 22.7 Å². The standard InChI is InChI=1S/C14H18BrN/c15-13-7-3-6-12-11(8-9-16-14(12)13)10-4-1-2-5-10/h3,6-7,10-11,16H,1-2,4-5,8-9H2. The van der Waals surface area contributed by atoms with Gasteiger partial charge in [-0.1, -0.05) is 25.0 Å². The van der Waals surface area contributed by atoms with E-state index in [1.807, 2.05) is 0 Å². The lowest BCUT2D eigenvalue weighted by molar-refractivity contribution is 0.412. The lowest BCUT2D eigenvalue weighted by Crippen LogP contribution is -2.21. The van der Waals surface area contributed by atoms with E-state index in [2.05, 4.69) is 39.4 Å². The van der Waals surface area contributed by atoms with Crippen molar-refractivity contribution in [2.45, 2.75) is 38.0 Å². The molecule has 1 aliphatic carbocycles. The summed E-state index contributed by atoms with van der Waals surface area (Å²) in [4.78, 5) is 0. The second-order valence-electron chi connectivity index (χ2n) is 5.07. The molecule has 1 unspecified atom stereocenters. The van der Waals surface area contributed by atoms with Crippen LogP contribution >= 0.6 is 15.9 Å². The molecule has 1 atom stereocenters. The van der Waals surface area contributed by atoms with Crippen molar-refractivity contribution in [3.8, 4) is 0 Å². The van der Waals surface area contributed by atoms with E-state index >= 15 is 0 Å². The van der Waals surface area contributed by atoms with E-state index in [0.29, 0.717) is 0 Å². The predicted octanol–water partition coefficient (Wildman–Crippen LogP) is 4.54. The number of hydrogen-bond acceptors (Lipinski definition) is 1. The molecule has 2 aliphatic rings. The molecule has 1 heterocycles. The van der Waals surface area contributed by atoms with Crippen molar-refractivity contribution in [1.82, 2.24) is 0 Å². The third kappa shape index (κ3) is 1.77. The number of benzene rings is 1. The van der Waals surface area contributed by atoms with Crippen molar-refractivity contribution in [2.75, 3.05) is 11.9 Å². The average molecular weight is 280 g/mol. The van der Waals surface area contributed by atoms with Gasteiger partial charge in [0.05, 0.1) is 5.69 Å². The normalized spacial score (nSPS) is 25.2. The Hall–Kier alpha value is -0.500. The summed E-state index contributed by atoms with van der Waals surface area (Å²) in [6.45, 7) is 1.14. The van der Waals surface area contributed by atoms with Gasteiger partial charge in [-0.3, -0.25) is 0 Å². The fourth-order valence-corrected chi connectivity index (χ4v) is 3.92. The molecular weight excluding hydrogens is 262 g/mol. The fourth-order valence-electron chi connectivity index (χ4n) is 3.39. The predicted molar refractivity (Wildman–Crippen MR) is 71.9 cm³/mol. The second kappa shape index (κ2) is 4.40. The summed E-state index contributed by atoms with van der Waals surface area (Å²) in [6.07, 6.45) is 7.08. The average Bonchev–Trinajstić information content (AvgIpc) is 2.82. The Labute approximate surface area is 106 Å². The Morgan fingerprint density at radius 3 is 2.75 bits per heavy atom. The summed E-state index contributed by atoms with van der Waals surface area (Å²) in [6, 6.07) is 6.63. The third-order valence-corrected chi connectivity index (χ3v) is 4.83. The zero-order valence-electron chi connectivity index (χ0n) is 9.51. The lowest BCUT2D eigenvalue weighted by atomic mass is 9.80. The molecule has 0 spiro atoms. The highest BCUT2D eigenvalue weighted by Gasteiger charge is 2.30. The zero-order valence-corrected chi connectivity index (χ0v) is 11.1. The number of rotatable bonds is 1. The van der Waals surface area contributed by atoms with Crippen molar-refractivity contribution in [1.29, 1.82) is 0 Å². The minimum atomic E-state index is 0.802. The molecule has 1 nitrogen and oxygen atoms in total. The molecular formula is C14H18BrN. The molecule has 1 fully saturated rings. The maximum atomic E-state index is 3.66. The highest BCUT2D eigenvalue weighted by molar-refractivity contribution is 9.10. The number of fused-ring (bicyclic) bond motifs is 1. The van der Waals surface area contributed by atoms with E-state index in [-0.39, 0.29) is 0 Å². The Bertz CT molecular complexity index is 382. The van der Waals surface area contributed by atoms with Gasteiger partial charge in [-0.25, -0.2) is 0 Å². The smallest absolute Gasteiger partial charge is 0.0520 e. The molecule has 16 heavy (non-hydrogen) atoms. The number of hydrogen-bond donors (Lipinski definition) is 1. The van der Waals surface area contributed by atoms with E-state index in [4.69, 9.17) is 0 Å². The zero-order chi connectivity index (χ0) is 11.0. The molecule has 0 aromatic heterocycles. The molecule has 0 bridgehead atoms. The molecule has 0 radical (unpaired) electrons. The third-order valence-electron chi connectivity index (χ3n) is 4.17. The van der Waals surface area contributed by atoms with Crippen molar-refractivity contribution in [3.63, 3.8) is 0 Å². The van der Waals surface area contributed by atoms with Gasteiger partial charge in [0.1, 0.15) is 0 Å². The van der Waals surface area contributed by atoms with Crippen LogP contribution in [0, 0.1) is 5.92 Å². The Kier molecular flexibility index (Phi) is 2.93. The molecule has 1 aliphatic heterocycles. The number of nitrogens with one attached hydrogen (secondary N) is 1.